The summed E-state index contributed by atoms with van der Waals surface area (Å²) in [6, 6.07) is 0. The largest absolute Gasteiger partial charge is 0.401 e. The summed E-state index contributed by atoms with van der Waals surface area (Å²) in [4.78, 5) is 15.6. The van der Waals surface area contributed by atoms with Gasteiger partial charge in [-0.1, -0.05) is 0 Å². The summed E-state index contributed by atoms with van der Waals surface area (Å²) in [5, 5.41) is 0. The standard InChI is InChI=1S/C13H22F3N3O2/c14-13(15,16)10-18-3-5-19(6-4-18)11(20)12(9-17)1-7-21-8-2-12/h1-10,17H2. The third-order valence-corrected chi connectivity index (χ3v) is 4.36. The molecule has 2 fully saturated rings. The fourth-order valence-electron chi connectivity index (χ4n) is 2.97. The zero-order valence-electron chi connectivity index (χ0n) is 12.0. The number of nitrogens with zero attached hydrogens (tertiary/aromatic N) is 2. The molecule has 0 bridgehead atoms. The summed E-state index contributed by atoms with van der Waals surface area (Å²) in [6.45, 7) is 1.54. The van der Waals surface area contributed by atoms with Gasteiger partial charge in [-0.05, 0) is 12.8 Å². The first-order chi connectivity index (χ1) is 9.86. The Bertz CT molecular complexity index is 362. The summed E-state index contributed by atoms with van der Waals surface area (Å²) in [7, 11) is 0. The second-order valence-corrected chi connectivity index (χ2v) is 5.78. The maximum absolute atomic E-state index is 12.6. The molecule has 2 saturated heterocycles. The lowest BCUT2D eigenvalue weighted by Gasteiger charge is -2.42. The highest BCUT2D eigenvalue weighted by Crippen LogP contribution is 2.32. The van der Waals surface area contributed by atoms with Crippen LogP contribution in [0.4, 0.5) is 13.2 Å². The van der Waals surface area contributed by atoms with Crippen LogP contribution in [0.3, 0.4) is 0 Å². The number of hydrogen-bond donors (Lipinski definition) is 1. The molecule has 2 aliphatic heterocycles. The van der Waals surface area contributed by atoms with Crippen LogP contribution in [-0.4, -0.2) is 74.4 Å². The Morgan fingerprint density at radius 2 is 1.71 bits per heavy atom. The number of hydrogen-bond acceptors (Lipinski definition) is 4. The van der Waals surface area contributed by atoms with E-state index in [1.165, 1.54) is 4.90 Å². The molecule has 0 aromatic carbocycles. The number of nitrogens with two attached hydrogens (primary N) is 1. The Morgan fingerprint density at radius 1 is 1.14 bits per heavy atom. The quantitative estimate of drug-likeness (QED) is 0.822. The molecule has 21 heavy (non-hydrogen) atoms. The Kier molecular flexibility index (Phi) is 5.11. The lowest BCUT2D eigenvalue weighted by molar-refractivity contribution is -0.157. The number of ether oxygens (including phenoxy) is 1. The molecule has 2 rings (SSSR count). The van der Waals surface area contributed by atoms with Crippen LogP contribution in [0.25, 0.3) is 0 Å². The summed E-state index contributed by atoms with van der Waals surface area (Å²) in [5.41, 5.74) is 5.20. The van der Waals surface area contributed by atoms with Crippen molar-refractivity contribution in [2.24, 2.45) is 11.1 Å². The second-order valence-electron chi connectivity index (χ2n) is 5.78. The minimum Gasteiger partial charge on any atom is -0.381 e. The van der Waals surface area contributed by atoms with Crippen molar-refractivity contribution < 1.29 is 22.7 Å². The predicted molar refractivity (Wildman–Crippen MR) is 70.6 cm³/mol. The van der Waals surface area contributed by atoms with Crippen molar-refractivity contribution in [2.75, 3.05) is 52.5 Å². The molecule has 0 aliphatic carbocycles. The summed E-state index contributed by atoms with van der Waals surface area (Å²) >= 11 is 0. The fraction of sp³-hybridized carbons (Fsp3) is 0.923. The molecule has 8 heteroatoms. The van der Waals surface area contributed by atoms with Gasteiger partial charge in [-0.3, -0.25) is 9.69 Å². The molecule has 0 aromatic rings. The lowest BCUT2D eigenvalue weighted by atomic mass is 9.78. The smallest absolute Gasteiger partial charge is 0.381 e. The van der Waals surface area contributed by atoms with Crippen molar-refractivity contribution >= 4 is 5.91 Å². The molecule has 2 heterocycles. The van der Waals surface area contributed by atoms with Gasteiger partial charge in [0.1, 0.15) is 0 Å². The molecule has 0 aromatic heterocycles. The highest BCUT2D eigenvalue weighted by molar-refractivity contribution is 5.83. The molecule has 122 valence electrons. The van der Waals surface area contributed by atoms with Crippen molar-refractivity contribution in [1.29, 1.82) is 0 Å². The normalized spacial score (nSPS) is 24.1. The highest BCUT2D eigenvalue weighted by atomic mass is 19.4. The average molecular weight is 309 g/mol. The van der Waals surface area contributed by atoms with Crippen molar-refractivity contribution in [3.8, 4) is 0 Å². The minimum atomic E-state index is -4.19. The van der Waals surface area contributed by atoms with E-state index in [0.29, 0.717) is 39.1 Å². The van der Waals surface area contributed by atoms with Gasteiger partial charge in [-0.2, -0.15) is 13.2 Å². The zero-order chi connectivity index (χ0) is 15.5. The van der Waals surface area contributed by atoms with Gasteiger partial charge in [0.15, 0.2) is 0 Å². The van der Waals surface area contributed by atoms with Crippen LogP contribution in [0.2, 0.25) is 0 Å². The molecular weight excluding hydrogens is 287 g/mol. The zero-order valence-corrected chi connectivity index (χ0v) is 12.0. The van der Waals surface area contributed by atoms with Crippen LogP contribution < -0.4 is 5.73 Å². The van der Waals surface area contributed by atoms with Crippen molar-refractivity contribution in [2.45, 2.75) is 19.0 Å². The van der Waals surface area contributed by atoms with E-state index in [9.17, 15) is 18.0 Å². The van der Waals surface area contributed by atoms with E-state index in [-0.39, 0.29) is 25.5 Å². The number of alkyl halides is 3. The summed E-state index contributed by atoms with van der Waals surface area (Å²) in [5.74, 6) is -0.0278. The van der Waals surface area contributed by atoms with Crippen LogP contribution >= 0.6 is 0 Å². The van der Waals surface area contributed by atoms with Crippen LogP contribution in [0, 0.1) is 5.41 Å². The maximum atomic E-state index is 12.6. The van der Waals surface area contributed by atoms with E-state index in [2.05, 4.69) is 0 Å². The van der Waals surface area contributed by atoms with Crippen molar-refractivity contribution in [3.05, 3.63) is 0 Å². The summed E-state index contributed by atoms with van der Waals surface area (Å²) in [6.07, 6.45) is -3.01. The second kappa shape index (κ2) is 6.50. The van der Waals surface area contributed by atoms with Gasteiger partial charge in [0, 0.05) is 45.9 Å². The molecule has 2 N–H and O–H groups in total. The van der Waals surface area contributed by atoms with E-state index >= 15 is 0 Å². The molecule has 1 amide bonds. The van der Waals surface area contributed by atoms with E-state index in [1.54, 1.807) is 4.90 Å². The predicted octanol–water partition coefficient (Wildman–Crippen LogP) is 0.448. The number of halogens is 3. The molecule has 0 saturated carbocycles. The monoisotopic (exact) mass is 309 g/mol. The molecule has 5 nitrogen and oxygen atoms in total. The van der Waals surface area contributed by atoms with Gasteiger partial charge < -0.3 is 15.4 Å². The maximum Gasteiger partial charge on any atom is 0.401 e. The topological polar surface area (TPSA) is 58.8 Å². The van der Waals surface area contributed by atoms with Crippen molar-refractivity contribution in [3.63, 3.8) is 0 Å². The Balaban J connectivity index is 1.90. The number of carbonyl (C=O) groups is 1. The first-order valence-electron chi connectivity index (χ1n) is 7.23. The van der Waals surface area contributed by atoms with E-state index in [1.807, 2.05) is 0 Å². The Morgan fingerprint density at radius 3 is 2.19 bits per heavy atom. The third-order valence-electron chi connectivity index (χ3n) is 4.36. The van der Waals surface area contributed by atoms with Crippen LogP contribution in [0.5, 0.6) is 0 Å². The molecule has 0 spiro atoms. The molecule has 0 atom stereocenters. The van der Waals surface area contributed by atoms with Gasteiger partial charge in [0.25, 0.3) is 0 Å². The van der Waals surface area contributed by atoms with Gasteiger partial charge in [0.05, 0.1) is 12.0 Å². The first-order valence-corrected chi connectivity index (χ1v) is 7.23. The SMILES string of the molecule is NCC1(C(=O)N2CCN(CC(F)(F)F)CC2)CCOCC1. The highest BCUT2D eigenvalue weighted by Gasteiger charge is 2.42. The van der Waals surface area contributed by atoms with Gasteiger partial charge in [-0.15, -0.1) is 0 Å². The third kappa shape index (κ3) is 4.08. The van der Waals surface area contributed by atoms with E-state index in [4.69, 9.17) is 10.5 Å². The van der Waals surface area contributed by atoms with E-state index in [0.717, 1.165) is 0 Å². The first kappa shape index (κ1) is 16.5. The average Bonchev–Trinajstić information content (AvgIpc) is 2.46. The summed E-state index contributed by atoms with van der Waals surface area (Å²) < 4.78 is 42.3. The van der Waals surface area contributed by atoms with Gasteiger partial charge in [-0.25, -0.2) is 0 Å². The number of amides is 1. The van der Waals surface area contributed by atoms with Gasteiger partial charge >= 0.3 is 6.18 Å². The fourth-order valence-corrected chi connectivity index (χ4v) is 2.97. The van der Waals surface area contributed by atoms with E-state index < -0.39 is 18.1 Å². The minimum absolute atomic E-state index is 0.0278. The van der Waals surface area contributed by atoms with Crippen LogP contribution in [0.1, 0.15) is 12.8 Å². The molecule has 0 unspecified atom stereocenters. The molecular formula is C13H22F3N3O2. The van der Waals surface area contributed by atoms with Crippen molar-refractivity contribution in [1.82, 2.24) is 9.80 Å². The number of carbonyl (C=O) groups excluding carboxylic acids is 1. The lowest BCUT2D eigenvalue weighted by Crippen LogP contribution is -2.57. The van der Waals surface area contributed by atoms with Crippen LogP contribution in [0.15, 0.2) is 0 Å². The van der Waals surface area contributed by atoms with Gasteiger partial charge in [0.2, 0.25) is 5.91 Å². The number of rotatable bonds is 3. The van der Waals surface area contributed by atoms with Crippen LogP contribution in [-0.2, 0) is 9.53 Å². The molecule has 2 aliphatic rings. The Hall–Kier alpha value is -0.860. The Labute approximate surface area is 122 Å². The molecule has 0 radical (unpaired) electrons. The number of piperazine rings is 1.